The molecule has 0 aliphatic rings. The summed E-state index contributed by atoms with van der Waals surface area (Å²) in [7, 11) is -0.0347. The molecule has 0 spiro atoms. The molecule has 0 bridgehead atoms. The highest BCUT2D eigenvalue weighted by molar-refractivity contribution is 6.58. The zero-order chi connectivity index (χ0) is 13.1. The Kier molecular flexibility index (Phi) is 20.7. The van der Waals surface area contributed by atoms with E-state index in [-0.39, 0.29) is 5.48 Å². The van der Waals surface area contributed by atoms with Gasteiger partial charge in [-0.3, -0.25) is 0 Å². The third-order valence-corrected chi connectivity index (χ3v) is 3.34. The van der Waals surface area contributed by atoms with Crippen LogP contribution in [-0.4, -0.2) is 71.0 Å². The van der Waals surface area contributed by atoms with Crippen molar-refractivity contribution in [3.05, 3.63) is 0 Å². The van der Waals surface area contributed by atoms with E-state index in [4.69, 9.17) is 32.8 Å². The Labute approximate surface area is 98.1 Å². The van der Waals surface area contributed by atoms with Gasteiger partial charge in [0, 0.05) is 41.5 Å². The molecule has 0 aliphatic heterocycles. The molecule has 0 aromatic heterocycles. The standard InChI is InChI=1S/C4H12O3Si.CH6O3Si.CH4O.H2O/c1-5-8(4,6-2)7-3;1-5(2,3)4;1-2;/h1-4H3;2-4H,1H3;2H,1H3;1H2. The quantitative estimate of drug-likeness (QED) is 0.430. The van der Waals surface area contributed by atoms with E-state index in [1.807, 2.05) is 6.55 Å². The Balaban J connectivity index is -0.0000000786. The van der Waals surface area contributed by atoms with Gasteiger partial charge in [-0.15, -0.1) is 0 Å². The van der Waals surface area contributed by atoms with Crippen LogP contribution in [0.1, 0.15) is 0 Å². The molecule has 0 heterocycles. The highest BCUT2D eigenvalue weighted by Gasteiger charge is 2.29. The highest BCUT2D eigenvalue weighted by atomic mass is 28.4. The third kappa shape index (κ3) is 29.2. The van der Waals surface area contributed by atoms with Crippen molar-refractivity contribution in [2.45, 2.75) is 13.1 Å². The first kappa shape index (κ1) is 25.1. The second-order valence-electron chi connectivity index (χ2n) is 2.45. The average Bonchev–Trinajstić information content (AvgIpc) is 2.17. The van der Waals surface area contributed by atoms with Crippen LogP contribution in [0.25, 0.3) is 0 Å². The lowest BCUT2D eigenvalue weighted by Crippen LogP contribution is -2.38. The van der Waals surface area contributed by atoms with Gasteiger partial charge in [0.1, 0.15) is 0 Å². The minimum atomic E-state index is -3.61. The minimum absolute atomic E-state index is 0. The van der Waals surface area contributed by atoms with Crippen molar-refractivity contribution in [1.82, 2.24) is 0 Å². The molecular formula is C6H24O8Si2. The SMILES string of the molecule is CO.CO[Si](C)(OC)OC.C[Si](O)(O)O.O. The molecule has 0 aliphatic carbocycles. The van der Waals surface area contributed by atoms with E-state index in [0.29, 0.717) is 0 Å². The van der Waals surface area contributed by atoms with Gasteiger partial charge in [-0.05, 0) is 0 Å². The number of aliphatic hydroxyl groups excluding tert-OH is 1. The fourth-order valence-electron chi connectivity index (χ4n) is 0.250. The van der Waals surface area contributed by atoms with Crippen molar-refractivity contribution >= 4 is 17.6 Å². The van der Waals surface area contributed by atoms with E-state index in [9.17, 15) is 0 Å². The summed E-state index contributed by atoms with van der Waals surface area (Å²) in [6.07, 6.45) is 0. The van der Waals surface area contributed by atoms with Crippen molar-refractivity contribution in [3.63, 3.8) is 0 Å². The van der Waals surface area contributed by atoms with Crippen LogP contribution in [0, 0.1) is 0 Å². The fourth-order valence-corrected chi connectivity index (χ4v) is 0.750. The van der Waals surface area contributed by atoms with Crippen LogP contribution >= 0.6 is 0 Å². The smallest absolute Gasteiger partial charge is 0.412 e. The van der Waals surface area contributed by atoms with Crippen molar-refractivity contribution in [2.24, 2.45) is 0 Å². The first-order chi connectivity index (χ1) is 6.68. The predicted octanol–water partition coefficient (Wildman–Crippen LogP) is -2.19. The van der Waals surface area contributed by atoms with Crippen LogP contribution in [-0.2, 0) is 13.3 Å². The molecule has 0 fully saturated rings. The van der Waals surface area contributed by atoms with E-state index in [1.165, 1.54) is 0 Å². The molecule has 0 rings (SSSR count). The largest absolute Gasteiger partial charge is 0.496 e. The molecule has 16 heavy (non-hydrogen) atoms. The summed E-state index contributed by atoms with van der Waals surface area (Å²) in [5, 5.41) is 7.00. The molecule has 6 N–H and O–H groups in total. The molecule has 104 valence electrons. The summed E-state index contributed by atoms with van der Waals surface area (Å²) < 4.78 is 14.8. The van der Waals surface area contributed by atoms with Crippen LogP contribution < -0.4 is 0 Å². The fraction of sp³-hybridized carbons (Fsp3) is 1.00. The highest BCUT2D eigenvalue weighted by Crippen LogP contribution is 2.02. The number of hydrogen-bond donors (Lipinski definition) is 4. The minimum Gasteiger partial charge on any atom is -0.412 e. The first-order valence-electron chi connectivity index (χ1n) is 3.96. The molecule has 8 nitrogen and oxygen atoms in total. The number of rotatable bonds is 3. The van der Waals surface area contributed by atoms with Gasteiger partial charge in [0.2, 0.25) is 0 Å². The monoisotopic (exact) mass is 280 g/mol. The van der Waals surface area contributed by atoms with E-state index in [2.05, 4.69) is 0 Å². The normalized spacial score (nSPS) is 10.1. The zero-order valence-electron chi connectivity index (χ0n) is 10.5. The maximum Gasteiger partial charge on any atom is 0.496 e. The molecule has 0 radical (unpaired) electrons. The molecule has 0 unspecified atom stereocenters. The Bertz CT molecular complexity index is 110. The lowest BCUT2D eigenvalue weighted by Gasteiger charge is -2.18. The molecule has 0 atom stereocenters. The predicted molar refractivity (Wildman–Crippen MR) is 62.7 cm³/mol. The molecule has 0 aromatic carbocycles. The number of hydrogen-bond acceptors (Lipinski definition) is 7. The second kappa shape index (κ2) is 13.2. The second-order valence-corrected chi connectivity index (χ2v) is 7.34. The molecule has 0 amide bonds. The Morgan fingerprint density at radius 1 is 0.750 bits per heavy atom. The van der Waals surface area contributed by atoms with Gasteiger partial charge in [0.05, 0.1) is 0 Å². The summed E-state index contributed by atoms with van der Waals surface area (Å²) >= 11 is 0. The van der Waals surface area contributed by atoms with E-state index >= 15 is 0 Å². The van der Waals surface area contributed by atoms with E-state index < -0.39 is 17.6 Å². The summed E-state index contributed by atoms with van der Waals surface area (Å²) in [4.78, 5) is 23.3. The summed E-state index contributed by atoms with van der Waals surface area (Å²) in [6, 6.07) is 0. The lowest BCUT2D eigenvalue weighted by atomic mass is 11.8. The van der Waals surface area contributed by atoms with Gasteiger partial charge >= 0.3 is 17.6 Å². The van der Waals surface area contributed by atoms with Gasteiger partial charge in [-0.1, -0.05) is 0 Å². The third-order valence-electron chi connectivity index (χ3n) is 1.11. The van der Waals surface area contributed by atoms with Gasteiger partial charge in [0.15, 0.2) is 0 Å². The van der Waals surface area contributed by atoms with Crippen LogP contribution in [0.5, 0.6) is 0 Å². The molecule has 0 aromatic rings. The Hall–Kier alpha value is 0.114. The maximum absolute atomic E-state index is 7.77. The summed E-state index contributed by atoms with van der Waals surface area (Å²) in [5.74, 6) is 0. The molecule has 0 saturated heterocycles. The van der Waals surface area contributed by atoms with E-state index in [0.717, 1.165) is 13.7 Å². The van der Waals surface area contributed by atoms with Crippen molar-refractivity contribution in [3.8, 4) is 0 Å². The summed E-state index contributed by atoms with van der Waals surface area (Å²) in [6.45, 7) is 2.82. The van der Waals surface area contributed by atoms with Crippen molar-refractivity contribution in [2.75, 3.05) is 28.4 Å². The lowest BCUT2D eigenvalue weighted by molar-refractivity contribution is 0.132. The molecular weight excluding hydrogens is 256 g/mol. The topological polar surface area (TPSA) is 140 Å². The van der Waals surface area contributed by atoms with Gasteiger partial charge in [-0.25, -0.2) is 0 Å². The van der Waals surface area contributed by atoms with Gasteiger partial charge in [-0.2, -0.15) is 0 Å². The Morgan fingerprint density at radius 3 is 0.875 bits per heavy atom. The van der Waals surface area contributed by atoms with Crippen LogP contribution in [0.3, 0.4) is 0 Å². The first-order valence-corrected chi connectivity index (χ1v) is 8.52. The van der Waals surface area contributed by atoms with Crippen molar-refractivity contribution in [1.29, 1.82) is 0 Å². The number of aliphatic hydroxyl groups is 1. The molecule has 0 saturated carbocycles. The van der Waals surface area contributed by atoms with Gasteiger partial charge < -0.3 is 38.2 Å². The van der Waals surface area contributed by atoms with Gasteiger partial charge in [0.25, 0.3) is 0 Å². The van der Waals surface area contributed by atoms with Crippen LogP contribution in [0.4, 0.5) is 0 Å². The van der Waals surface area contributed by atoms with Crippen LogP contribution in [0.2, 0.25) is 13.1 Å². The zero-order valence-corrected chi connectivity index (χ0v) is 12.5. The van der Waals surface area contributed by atoms with Crippen molar-refractivity contribution < 1.29 is 38.2 Å². The van der Waals surface area contributed by atoms with Crippen LogP contribution in [0.15, 0.2) is 0 Å². The average molecular weight is 280 g/mol. The maximum atomic E-state index is 7.77. The molecule has 10 heteroatoms. The Morgan fingerprint density at radius 2 is 0.875 bits per heavy atom. The summed E-state index contributed by atoms with van der Waals surface area (Å²) in [5.41, 5.74) is 0. The van der Waals surface area contributed by atoms with E-state index in [1.54, 1.807) is 21.3 Å².